The van der Waals surface area contributed by atoms with Crippen LogP contribution in [0.5, 0.6) is 0 Å². The fourth-order valence-corrected chi connectivity index (χ4v) is 6.22. The number of hydrogen-bond donors (Lipinski definition) is 2. The molecule has 1 atom stereocenters. The number of guanidine groups is 1. The normalized spacial score (nSPS) is 19.9. The number of aromatic nitrogens is 3. The Morgan fingerprint density at radius 1 is 1.19 bits per heavy atom. The van der Waals surface area contributed by atoms with E-state index in [2.05, 4.69) is 20.1 Å². The van der Waals surface area contributed by atoms with Crippen molar-refractivity contribution in [1.29, 1.82) is 0 Å². The fourth-order valence-electron chi connectivity index (χ4n) is 4.72. The van der Waals surface area contributed by atoms with Crippen LogP contribution in [-0.4, -0.2) is 64.6 Å². The van der Waals surface area contributed by atoms with Crippen molar-refractivity contribution in [3.8, 4) is 0 Å². The summed E-state index contributed by atoms with van der Waals surface area (Å²) in [6.07, 6.45) is 6.89. The van der Waals surface area contributed by atoms with Crippen molar-refractivity contribution in [2.45, 2.75) is 42.8 Å². The Labute approximate surface area is 215 Å². The molecule has 3 aliphatic rings. The maximum atomic E-state index is 13.8. The molecule has 6 rings (SSSR count). The van der Waals surface area contributed by atoms with Gasteiger partial charge in [-0.25, -0.2) is 18.1 Å². The Morgan fingerprint density at radius 2 is 2.03 bits per heavy atom. The van der Waals surface area contributed by atoms with E-state index in [1.54, 1.807) is 34.1 Å². The van der Waals surface area contributed by atoms with Gasteiger partial charge in [-0.2, -0.15) is 5.10 Å². The molecule has 2 N–H and O–H groups in total. The third-order valence-corrected chi connectivity index (χ3v) is 8.58. The maximum Gasteiger partial charge on any atom is 0.263 e. The minimum Gasteiger partial charge on any atom is -0.368 e. The van der Waals surface area contributed by atoms with Crippen LogP contribution in [0.3, 0.4) is 0 Å². The van der Waals surface area contributed by atoms with Gasteiger partial charge in [0.05, 0.1) is 41.5 Å². The predicted molar refractivity (Wildman–Crippen MR) is 139 cm³/mol. The second-order valence-electron chi connectivity index (χ2n) is 10.0. The lowest BCUT2D eigenvalue weighted by Crippen LogP contribution is -2.54. The van der Waals surface area contributed by atoms with Crippen molar-refractivity contribution in [2.75, 3.05) is 23.3 Å². The molecule has 11 nitrogen and oxygen atoms in total. The van der Waals surface area contributed by atoms with Crippen LogP contribution in [0.1, 0.15) is 35.7 Å². The van der Waals surface area contributed by atoms with Gasteiger partial charge in [-0.1, -0.05) is 6.07 Å². The molecule has 4 heterocycles. The molecule has 37 heavy (non-hydrogen) atoms. The highest BCUT2D eigenvalue weighted by Crippen LogP contribution is 2.38. The second kappa shape index (κ2) is 8.67. The van der Waals surface area contributed by atoms with E-state index < -0.39 is 15.6 Å². The van der Waals surface area contributed by atoms with Crippen LogP contribution in [0.15, 0.2) is 64.9 Å². The number of aryl methyl sites for hydroxylation is 1. The van der Waals surface area contributed by atoms with Crippen molar-refractivity contribution in [3.05, 3.63) is 66.1 Å². The summed E-state index contributed by atoms with van der Waals surface area (Å²) in [7, 11) is -1.95. The molecule has 0 unspecified atom stereocenters. The van der Waals surface area contributed by atoms with Gasteiger partial charge in [0.25, 0.3) is 5.91 Å². The number of carbonyl (C=O) groups is 1. The smallest absolute Gasteiger partial charge is 0.263 e. The lowest BCUT2D eigenvalue weighted by molar-refractivity contribution is 0.0832. The van der Waals surface area contributed by atoms with Crippen molar-refractivity contribution >= 4 is 33.4 Å². The molecule has 3 aromatic rings. The van der Waals surface area contributed by atoms with Crippen molar-refractivity contribution in [1.82, 2.24) is 24.4 Å². The number of sulfonamides is 1. The molecule has 1 aliphatic carbocycles. The predicted octanol–water partition coefficient (Wildman–Crippen LogP) is 1.96. The molecule has 0 saturated heterocycles. The monoisotopic (exact) mass is 520 g/mol. The number of benzene rings is 1. The molecular weight excluding hydrogens is 492 g/mol. The van der Waals surface area contributed by atoms with Gasteiger partial charge < -0.3 is 10.2 Å². The van der Waals surface area contributed by atoms with Crippen LogP contribution in [0, 0.1) is 0 Å². The average Bonchev–Trinajstić information content (AvgIpc) is 3.25. The van der Waals surface area contributed by atoms with Gasteiger partial charge in [0.2, 0.25) is 16.0 Å². The summed E-state index contributed by atoms with van der Waals surface area (Å²) in [5.74, 6) is 1.01. The van der Waals surface area contributed by atoms with Crippen molar-refractivity contribution < 1.29 is 13.2 Å². The van der Waals surface area contributed by atoms with Crippen LogP contribution in [0.25, 0.3) is 0 Å². The Balaban J connectivity index is 1.36. The standard InChI is InChI=1S/C25H28N8O3S/c1-25(8-9-25)30-37(35,36)19-6-7-21-20(11-19)23(34)32(16-17-12-29-31(2)15-17)24-28-14-18(33(21)24)13-27-22-5-3-4-10-26-22/h3-7,10-12,15,18,30H,8-9,13-14,16H2,1-2H3,(H,26,27)/t18-/m1/s1. The summed E-state index contributed by atoms with van der Waals surface area (Å²) < 4.78 is 30.7. The number of nitrogens with zero attached hydrogens (tertiary/aromatic N) is 6. The molecule has 2 aliphatic heterocycles. The largest absolute Gasteiger partial charge is 0.368 e. The summed E-state index contributed by atoms with van der Waals surface area (Å²) >= 11 is 0. The first-order valence-electron chi connectivity index (χ1n) is 12.2. The number of hydrogen-bond acceptors (Lipinski definition) is 8. The first-order chi connectivity index (χ1) is 17.7. The molecular formula is C25H28N8O3S. The summed E-state index contributed by atoms with van der Waals surface area (Å²) in [6.45, 7) is 3.18. The van der Waals surface area contributed by atoms with E-state index in [1.165, 1.54) is 6.07 Å². The van der Waals surface area contributed by atoms with Gasteiger partial charge in [0.1, 0.15) is 5.82 Å². The minimum absolute atomic E-state index is 0.0804. The third kappa shape index (κ3) is 4.46. The topological polar surface area (TPSA) is 125 Å². The number of rotatable bonds is 8. The Kier molecular flexibility index (Phi) is 5.53. The molecule has 192 valence electrons. The molecule has 1 saturated carbocycles. The lowest BCUT2D eigenvalue weighted by Gasteiger charge is -2.38. The molecule has 12 heteroatoms. The van der Waals surface area contributed by atoms with Crippen molar-refractivity contribution in [2.24, 2.45) is 12.0 Å². The van der Waals surface area contributed by atoms with Gasteiger partial charge in [-0.05, 0) is 50.1 Å². The van der Waals surface area contributed by atoms with Crippen LogP contribution in [0.2, 0.25) is 0 Å². The number of anilines is 2. The lowest BCUT2D eigenvalue weighted by atomic mass is 10.1. The number of fused-ring (bicyclic) bond motifs is 3. The zero-order chi connectivity index (χ0) is 25.8. The quantitative estimate of drug-likeness (QED) is 0.465. The molecule has 1 fully saturated rings. The number of amides is 1. The summed E-state index contributed by atoms with van der Waals surface area (Å²) in [5.41, 5.74) is 1.41. The van der Waals surface area contributed by atoms with Crippen LogP contribution < -0.4 is 14.9 Å². The van der Waals surface area contributed by atoms with Crippen molar-refractivity contribution in [3.63, 3.8) is 0 Å². The highest BCUT2D eigenvalue weighted by Gasteiger charge is 2.44. The number of pyridine rings is 1. The minimum atomic E-state index is -3.77. The van der Waals surface area contributed by atoms with Crippen LogP contribution in [-0.2, 0) is 23.6 Å². The zero-order valence-electron chi connectivity index (χ0n) is 20.6. The average molecular weight is 521 g/mol. The fraction of sp³-hybridized carbons (Fsp3) is 0.360. The molecule has 1 amide bonds. The first-order valence-corrected chi connectivity index (χ1v) is 13.7. The molecule has 2 aromatic heterocycles. The number of carbonyl (C=O) groups excluding carboxylic acids is 1. The third-order valence-electron chi connectivity index (χ3n) is 6.94. The van der Waals surface area contributed by atoms with Gasteiger partial charge in [0, 0.05) is 37.1 Å². The van der Waals surface area contributed by atoms with E-state index in [4.69, 9.17) is 4.99 Å². The highest BCUT2D eigenvalue weighted by atomic mass is 32.2. The van der Waals surface area contributed by atoms with Gasteiger partial charge in [-0.15, -0.1) is 0 Å². The molecule has 1 aromatic carbocycles. The zero-order valence-corrected chi connectivity index (χ0v) is 21.4. The van der Waals surface area contributed by atoms with Gasteiger partial charge >= 0.3 is 0 Å². The van der Waals surface area contributed by atoms with Crippen LogP contribution in [0.4, 0.5) is 11.5 Å². The number of nitrogens with one attached hydrogen (secondary N) is 2. The van der Waals surface area contributed by atoms with E-state index in [9.17, 15) is 13.2 Å². The van der Waals surface area contributed by atoms with E-state index >= 15 is 0 Å². The summed E-state index contributed by atoms with van der Waals surface area (Å²) in [4.78, 5) is 26.6. The first kappa shape index (κ1) is 23.6. The SMILES string of the molecule is Cn1cc(CN2C(=O)c3cc(S(=O)(=O)NC4(C)CC4)ccc3N3C2=NC[C@H]3CNc2ccccn2)cn1. The Hall–Kier alpha value is -3.77. The van der Waals surface area contributed by atoms with E-state index in [-0.39, 0.29) is 23.4 Å². The Morgan fingerprint density at radius 3 is 2.73 bits per heavy atom. The summed E-state index contributed by atoms with van der Waals surface area (Å²) in [6, 6.07) is 10.3. The molecule has 0 spiro atoms. The second-order valence-corrected chi connectivity index (χ2v) is 11.7. The van der Waals surface area contributed by atoms with Gasteiger partial charge in [0.15, 0.2) is 0 Å². The maximum absolute atomic E-state index is 13.8. The van der Waals surface area contributed by atoms with Gasteiger partial charge in [-0.3, -0.25) is 19.4 Å². The number of aliphatic imine (C=N–C) groups is 1. The Bertz CT molecular complexity index is 1500. The van der Waals surface area contributed by atoms with E-state index in [0.29, 0.717) is 30.3 Å². The highest BCUT2D eigenvalue weighted by molar-refractivity contribution is 7.89. The van der Waals surface area contributed by atoms with E-state index in [0.717, 1.165) is 24.2 Å². The molecule has 0 bridgehead atoms. The molecule has 0 radical (unpaired) electrons. The van der Waals surface area contributed by atoms with Crippen LogP contribution >= 0.6 is 0 Å². The van der Waals surface area contributed by atoms with E-state index in [1.807, 2.05) is 43.3 Å². The summed E-state index contributed by atoms with van der Waals surface area (Å²) in [5, 5.41) is 7.57.